The van der Waals surface area contributed by atoms with Gasteiger partial charge in [0.25, 0.3) is 15.8 Å². The number of para-hydroxylation sites is 1. The van der Waals surface area contributed by atoms with Gasteiger partial charge >= 0.3 is 6.21 Å². The minimum Gasteiger partial charge on any atom is -0.361 e. The van der Waals surface area contributed by atoms with Gasteiger partial charge in [-0.05, 0) is 31.2 Å². The summed E-state index contributed by atoms with van der Waals surface area (Å²) < 4.78 is 26.5. The monoisotopic (exact) mass is 329 g/mol. The van der Waals surface area contributed by atoms with Crippen LogP contribution in [0.1, 0.15) is 15.9 Å². The Balaban J connectivity index is 2.52. The number of carbonyl (C=O) groups excluding carboxylic acids is 1. The lowest BCUT2D eigenvalue weighted by atomic mass is 10.1. The van der Waals surface area contributed by atoms with Crippen LogP contribution in [0.3, 0.4) is 0 Å². The van der Waals surface area contributed by atoms with Gasteiger partial charge in [0.15, 0.2) is 0 Å². The predicted octanol–water partition coefficient (Wildman–Crippen LogP) is 2.30. The molecule has 2 aromatic rings. The Labute approximate surface area is 134 Å². The zero-order chi connectivity index (χ0) is 17.0. The van der Waals surface area contributed by atoms with E-state index in [0.29, 0.717) is 0 Å². The molecule has 0 fully saturated rings. The van der Waals surface area contributed by atoms with Crippen LogP contribution in [-0.4, -0.2) is 32.3 Å². The number of hydrogen-bond donors (Lipinski definition) is 0. The SMILES string of the molecule is Cc1ccc(S(=O)(=O)N(C)c2ccccc2C(=O)C=[N+]=[N-])cc1. The first-order chi connectivity index (χ1) is 10.9. The summed E-state index contributed by atoms with van der Waals surface area (Å²) in [6.07, 6.45) is 0.727. The molecule has 7 heteroatoms. The Morgan fingerprint density at radius 1 is 1.13 bits per heavy atom. The van der Waals surface area contributed by atoms with Crippen LogP contribution >= 0.6 is 0 Å². The van der Waals surface area contributed by atoms with Gasteiger partial charge in [0.05, 0.1) is 16.1 Å². The molecule has 0 bridgehead atoms. The molecule has 2 aromatic carbocycles. The summed E-state index contributed by atoms with van der Waals surface area (Å²) in [4.78, 5) is 14.8. The van der Waals surface area contributed by atoms with Gasteiger partial charge in [-0.15, -0.1) is 0 Å². The van der Waals surface area contributed by atoms with Crippen molar-refractivity contribution in [1.82, 2.24) is 0 Å². The van der Waals surface area contributed by atoms with Gasteiger partial charge in [0.2, 0.25) is 0 Å². The van der Waals surface area contributed by atoms with E-state index in [1.165, 1.54) is 31.3 Å². The number of hydrogen-bond acceptors (Lipinski definition) is 3. The molecule has 6 nitrogen and oxygen atoms in total. The van der Waals surface area contributed by atoms with Crippen LogP contribution < -0.4 is 4.31 Å². The van der Waals surface area contributed by atoms with Crippen LogP contribution in [0.25, 0.3) is 5.53 Å². The zero-order valence-electron chi connectivity index (χ0n) is 12.7. The standard InChI is InChI=1S/C16H15N3O3S/c1-12-7-9-13(10-8-12)23(21,22)19(2)15-6-4-3-5-14(15)16(20)11-18-17/h3-11H,1-2H3. The number of anilines is 1. The minimum absolute atomic E-state index is 0.128. The molecule has 0 saturated carbocycles. The number of sulfonamides is 1. The first-order valence-corrected chi connectivity index (χ1v) is 8.18. The third-order valence-corrected chi connectivity index (χ3v) is 5.15. The second-order valence-electron chi connectivity index (χ2n) is 4.91. The summed E-state index contributed by atoms with van der Waals surface area (Å²) in [5.74, 6) is -0.589. The van der Waals surface area contributed by atoms with Gasteiger partial charge in [-0.1, -0.05) is 29.8 Å². The first kappa shape index (κ1) is 16.6. The van der Waals surface area contributed by atoms with E-state index >= 15 is 0 Å². The van der Waals surface area contributed by atoms with Crippen LogP contribution in [0.15, 0.2) is 53.4 Å². The lowest BCUT2D eigenvalue weighted by Crippen LogP contribution is -2.28. The quantitative estimate of drug-likeness (QED) is 0.365. The van der Waals surface area contributed by atoms with Crippen molar-refractivity contribution < 1.29 is 18.0 Å². The summed E-state index contributed by atoms with van der Waals surface area (Å²) >= 11 is 0. The number of carbonyl (C=O) groups is 1. The maximum atomic E-state index is 12.7. The molecule has 0 N–H and O–H groups in total. The number of nitrogens with zero attached hydrogens (tertiary/aromatic N) is 3. The van der Waals surface area contributed by atoms with E-state index in [-0.39, 0.29) is 16.1 Å². The van der Waals surface area contributed by atoms with E-state index in [1.54, 1.807) is 24.3 Å². The van der Waals surface area contributed by atoms with E-state index in [1.807, 2.05) is 6.92 Å². The molecule has 0 aliphatic carbocycles. The molecule has 0 spiro atoms. The predicted molar refractivity (Wildman–Crippen MR) is 87.2 cm³/mol. The molecule has 0 saturated heterocycles. The molecule has 0 amide bonds. The van der Waals surface area contributed by atoms with Crippen molar-refractivity contribution in [3.05, 3.63) is 65.2 Å². The molecule has 118 valence electrons. The summed E-state index contributed by atoms with van der Waals surface area (Å²) in [5.41, 5.74) is 9.79. The minimum atomic E-state index is -3.81. The fourth-order valence-electron chi connectivity index (χ4n) is 2.08. The van der Waals surface area contributed by atoms with Crippen LogP contribution in [0.2, 0.25) is 0 Å². The summed E-state index contributed by atoms with van der Waals surface area (Å²) in [5, 5.41) is 0. The second-order valence-corrected chi connectivity index (χ2v) is 6.88. The fourth-order valence-corrected chi connectivity index (χ4v) is 3.29. The maximum Gasteiger partial charge on any atom is 0.328 e. The molecule has 0 heterocycles. The van der Waals surface area contributed by atoms with Gasteiger partial charge in [0, 0.05) is 7.05 Å². The third kappa shape index (κ3) is 3.36. The Morgan fingerprint density at radius 2 is 1.74 bits per heavy atom. The highest BCUT2D eigenvalue weighted by molar-refractivity contribution is 7.92. The molecule has 0 aliphatic rings. The molecular weight excluding hydrogens is 314 g/mol. The van der Waals surface area contributed by atoms with E-state index in [4.69, 9.17) is 5.53 Å². The molecule has 0 radical (unpaired) electrons. The molecule has 0 aliphatic heterocycles. The smallest absolute Gasteiger partial charge is 0.328 e. The van der Waals surface area contributed by atoms with Crippen molar-refractivity contribution in [1.29, 1.82) is 0 Å². The van der Waals surface area contributed by atoms with E-state index < -0.39 is 15.8 Å². The van der Waals surface area contributed by atoms with Gasteiger partial charge in [-0.2, -0.15) is 4.79 Å². The highest BCUT2D eigenvalue weighted by atomic mass is 32.2. The highest BCUT2D eigenvalue weighted by Gasteiger charge is 2.25. The lowest BCUT2D eigenvalue weighted by Gasteiger charge is -2.21. The fraction of sp³-hybridized carbons (Fsp3) is 0.125. The van der Waals surface area contributed by atoms with Crippen molar-refractivity contribution in [2.45, 2.75) is 11.8 Å². The van der Waals surface area contributed by atoms with Crippen LogP contribution in [0, 0.1) is 6.92 Å². The topological polar surface area (TPSA) is 90.9 Å². The first-order valence-electron chi connectivity index (χ1n) is 6.74. The second kappa shape index (κ2) is 6.56. The van der Waals surface area contributed by atoms with Crippen molar-refractivity contribution in [3.63, 3.8) is 0 Å². The average Bonchev–Trinajstić information content (AvgIpc) is 2.54. The number of Topliss-reactive ketones (excluding diaryl/α,β-unsaturated/α-hetero) is 1. The normalized spacial score (nSPS) is 10.7. The maximum absolute atomic E-state index is 12.7. The van der Waals surface area contributed by atoms with Crippen LogP contribution in [0.4, 0.5) is 5.69 Å². The molecule has 0 atom stereocenters. The number of aryl methyl sites for hydroxylation is 1. The molecule has 2 rings (SSSR count). The van der Waals surface area contributed by atoms with Gasteiger partial charge in [-0.3, -0.25) is 9.10 Å². The van der Waals surface area contributed by atoms with Crippen molar-refractivity contribution in [2.75, 3.05) is 11.4 Å². The Kier molecular flexibility index (Phi) is 4.74. The Hall–Kier alpha value is -2.76. The van der Waals surface area contributed by atoms with Crippen LogP contribution in [-0.2, 0) is 10.0 Å². The molecule has 0 unspecified atom stereocenters. The van der Waals surface area contributed by atoms with Crippen molar-refractivity contribution >= 4 is 27.7 Å². The molecule has 0 aromatic heterocycles. The van der Waals surface area contributed by atoms with Crippen LogP contribution in [0.5, 0.6) is 0 Å². The van der Waals surface area contributed by atoms with Crippen molar-refractivity contribution in [3.8, 4) is 0 Å². The number of ketones is 1. The summed E-state index contributed by atoms with van der Waals surface area (Å²) in [6, 6.07) is 12.7. The zero-order valence-corrected chi connectivity index (χ0v) is 13.5. The number of benzene rings is 2. The number of rotatable bonds is 5. The summed E-state index contributed by atoms with van der Waals surface area (Å²) in [6.45, 7) is 1.86. The molecular formula is C16H15N3O3S. The van der Waals surface area contributed by atoms with E-state index in [9.17, 15) is 13.2 Å². The van der Waals surface area contributed by atoms with Gasteiger partial charge < -0.3 is 5.53 Å². The van der Waals surface area contributed by atoms with Gasteiger partial charge in [0.1, 0.15) is 0 Å². The molecule has 23 heavy (non-hydrogen) atoms. The third-order valence-electron chi connectivity index (χ3n) is 3.36. The summed E-state index contributed by atoms with van der Waals surface area (Å²) in [7, 11) is -2.43. The Morgan fingerprint density at radius 3 is 2.35 bits per heavy atom. The highest BCUT2D eigenvalue weighted by Crippen LogP contribution is 2.25. The van der Waals surface area contributed by atoms with Crippen molar-refractivity contribution in [2.24, 2.45) is 0 Å². The van der Waals surface area contributed by atoms with E-state index in [2.05, 4.69) is 4.79 Å². The lowest BCUT2D eigenvalue weighted by molar-refractivity contribution is 0.00235. The largest absolute Gasteiger partial charge is 0.361 e. The average molecular weight is 329 g/mol. The van der Waals surface area contributed by atoms with E-state index in [0.717, 1.165) is 16.1 Å². The van der Waals surface area contributed by atoms with Gasteiger partial charge in [-0.25, -0.2) is 8.42 Å². The Bertz CT molecular complexity index is 883.